The number of hydrazone groups is 1. The van der Waals surface area contributed by atoms with Crippen LogP contribution in [0, 0.1) is 0 Å². The van der Waals surface area contributed by atoms with Gasteiger partial charge in [0.25, 0.3) is 5.91 Å². The normalized spacial score (nSPS) is 11.6. The molecule has 4 heteroatoms. The van der Waals surface area contributed by atoms with Gasteiger partial charge in [0.15, 0.2) is 0 Å². The van der Waals surface area contributed by atoms with Crippen LogP contribution in [0.1, 0.15) is 20.8 Å². The van der Waals surface area contributed by atoms with Crippen LogP contribution in [0.5, 0.6) is 0 Å². The van der Waals surface area contributed by atoms with E-state index in [1.165, 1.54) is 11.3 Å². The van der Waals surface area contributed by atoms with E-state index in [0.29, 0.717) is 10.6 Å². The highest BCUT2D eigenvalue weighted by molar-refractivity contribution is 7.12. The fraction of sp³-hybridized carbons (Fsp3) is 0. The number of thiophene rings is 1. The van der Waals surface area contributed by atoms with E-state index in [9.17, 15) is 4.79 Å². The molecule has 1 aromatic heterocycles. The van der Waals surface area contributed by atoms with Gasteiger partial charge in [-0.1, -0.05) is 72.8 Å². The Morgan fingerprint density at radius 2 is 1.62 bits per heavy atom. The first-order valence-electron chi connectivity index (χ1n) is 7.53. The molecule has 3 rings (SSSR count). The molecule has 0 aliphatic rings. The molecule has 0 saturated heterocycles. The van der Waals surface area contributed by atoms with Crippen molar-refractivity contribution in [2.75, 3.05) is 0 Å². The summed E-state index contributed by atoms with van der Waals surface area (Å²) in [5.41, 5.74) is 5.34. The van der Waals surface area contributed by atoms with Crippen molar-refractivity contribution in [3.8, 4) is 0 Å². The van der Waals surface area contributed by atoms with Gasteiger partial charge in [0.2, 0.25) is 0 Å². The number of hydrogen-bond acceptors (Lipinski definition) is 3. The van der Waals surface area contributed by atoms with Crippen LogP contribution < -0.4 is 5.43 Å². The van der Waals surface area contributed by atoms with E-state index >= 15 is 0 Å². The van der Waals surface area contributed by atoms with Crippen LogP contribution in [0.2, 0.25) is 0 Å². The molecule has 2 aromatic carbocycles. The topological polar surface area (TPSA) is 41.5 Å². The lowest BCUT2D eigenvalue weighted by molar-refractivity contribution is 0.0959. The minimum Gasteiger partial charge on any atom is -0.266 e. The average molecular weight is 332 g/mol. The van der Waals surface area contributed by atoms with Gasteiger partial charge in [0.05, 0.1) is 10.6 Å². The molecule has 0 aliphatic carbocycles. The summed E-state index contributed by atoms with van der Waals surface area (Å²) >= 11 is 1.39. The summed E-state index contributed by atoms with van der Waals surface area (Å²) < 4.78 is 0. The molecule has 0 unspecified atom stereocenters. The van der Waals surface area contributed by atoms with Crippen LogP contribution in [0.4, 0.5) is 0 Å². The van der Waals surface area contributed by atoms with Crippen LogP contribution in [0.25, 0.3) is 6.08 Å². The maximum Gasteiger partial charge on any atom is 0.281 e. The molecule has 0 atom stereocenters. The molecule has 0 fully saturated rings. The van der Waals surface area contributed by atoms with E-state index in [4.69, 9.17) is 0 Å². The second-order valence-corrected chi connectivity index (χ2v) is 5.97. The second-order valence-electron chi connectivity index (χ2n) is 5.03. The Morgan fingerprint density at radius 3 is 2.29 bits per heavy atom. The van der Waals surface area contributed by atoms with Gasteiger partial charge < -0.3 is 0 Å². The lowest BCUT2D eigenvalue weighted by atomic mass is 10.1. The second kappa shape index (κ2) is 8.04. The smallest absolute Gasteiger partial charge is 0.266 e. The summed E-state index contributed by atoms with van der Waals surface area (Å²) in [7, 11) is 0. The minimum atomic E-state index is -0.202. The number of carbonyl (C=O) groups is 1. The van der Waals surface area contributed by atoms with Crippen molar-refractivity contribution in [2.45, 2.75) is 0 Å². The monoisotopic (exact) mass is 332 g/mol. The fourth-order valence-electron chi connectivity index (χ4n) is 2.12. The fourth-order valence-corrected chi connectivity index (χ4v) is 2.73. The summed E-state index contributed by atoms with van der Waals surface area (Å²) in [6, 6.07) is 23.4. The molecule has 1 heterocycles. The summed E-state index contributed by atoms with van der Waals surface area (Å²) in [6.45, 7) is 0. The van der Waals surface area contributed by atoms with Crippen LogP contribution >= 0.6 is 11.3 Å². The number of rotatable bonds is 5. The van der Waals surface area contributed by atoms with E-state index in [2.05, 4.69) is 10.5 Å². The van der Waals surface area contributed by atoms with Gasteiger partial charge in [-0.05, 0) is 23.1 Å². The number of nitrogens with one attached hydrogen (secondary N) is 1. The van der Waals surface area contributed by atoms with Gasteiger partial charge in [-0.15, -0.1) is 11.3 Å². The molecular weight excluding hydrogens is 316 g/mol. The molecule has 0 radical (unpaired) electrons. The van der Waals surface area contributed by atoms with E-state index < -0.39 is 0 Å². The highest BCUT2D eigenvalue weighted by Gasteiger charge is 2.06. The summed E-state index contributed by atoms with van der Waals surface area (Å²) in [5, 5.41) is 6.17. The minimum absolute atomic E-state index is 0.202. The van der Waals surface area contributed by atoms with Crippen molar-refractivity contribution in [1.82, 2.24) is 5.43 Å². The summed E-state index contributed by atoms with van der Waals surface area (Å²) in [6.07, 6.45) is 3.88. The lowest BCUT2D eigenvalue weighted by Crippen LogP contribution is -2.18. The predicted molar refractivity (Wildman–Crippen MR) is 100 cm³/mol. The van der Waals surface area contributed by atoms with E-state index in [1.807, 2.05) is 84.3 Å². The highest BCUT2D eigenvalue weighted by atomic mass is 32.1. The predicted octanol–water partition coefficient (Wildman–Crippen LogP) is 4.60. The zero-order valence-corrected chi connectivity index (χ0v) is 13.7. The van der Waals surface area contributed by atoms with Crippen molar-refractivity contribution < 1.29 is 4.79 Å². The Balaban J connectivity index is 1.83. The van der Waals surface area contributed by atoms with E-state index in [1.54, 1.807) is 6.07 Å². The molecule has 0 bridgehead atoms. The van der Waals surface area contributed by atoms with Gasteiger partial charge in [-0.3, -0.25) is 4.79 Å². The van der Waals surface area contributed by atoms with Gasteiger partial charge in [-0.25, -0.2) is 5.43 Å². The zero-order valence-electron chi connectivity index (χ0n) is 12.9. The molecule has 24 heavy (non-hydrogen) atoms. The standard InChI is InChI=1S/C20H16N2OS/c23-20(19-12-7-15-24-19)22-21-18(17-10-5-2-6-11-17)14-13-16-8-3-1-4-9-16/h1-15H,(H,22,23)/b14-13+,21-18?. The Labute approximate surface area is 145 Å². The van der Waals surface area contributed by atoms with Crippen molar-refractivity contribution in [3.05, 3.63) is 100 Å². The van der Waals surface area contributed by atoms with Gasteiger partial charge >= 0.3 is 0 Å². The third-order valence-electron chi connectivity index (χ3n) is 3.33. The Morgan fingerprint density at radius 1 is 0.917 bits per heavy atom. The first kappa shape index (κ1) is 15.9. The molecule has 0 saturated carbocycles. The number of nitrogens with zero attached hydrogens (tertiary/aromatic N) is 1. The largest absolute Gasteiger partial charge is 0.281 e. The molecule has 3 nitrogen and oxygen atoms in total. The molecule has 0 spiro atoms. The number of hydrogen-bond donors (Lipinski definition) is 1. The third kappa shape index (κ3) is 4.27. The molecule has 0 aliphatic heterocycles. The SMILES string of the molecule is O=C(NN=C(/C=C/c1ccccc1)c1ccccc1)c1cccs1. The van der Waals surface area contributed by atoms with Crippen molar-refractivity contribution >= 4 is 29.0 Å². The first-order chi connectivity index (χ1) is 11.8. The summed E-state index contributed by atoms with van der Waals surface area (Å²) in [4.78, 5) is 12.7. The van der Waals surface area contributed by atoms with E-state index in [0.717, 1.165) is 11.1 Å². The average Bonchev–Trinajstić information content (AvgIpc) is 3.18. The molecule has 3 aromatic rings. The Bertz CT molecular complexity index is 838. The molecule has 118 valence electrons. The van der Waals surface area contributed by atoms with Crippen LogP contribution in [0.15, 0.2) is 89.4 Å². The van der Waals surface area contributed by atoms with Crippen LogP contribution in [0.3, 0.4) is 0 Å². The van der Waals surface area contributed by atoms with Crippen LogP contribution in [-0.4, -0.2) is 11.6 Å². The van der Waals surface area contributed by atoms with Crippen LogP contribution in [-0.2, 0) is 0 Å². The lowest BCUT2D eigenvalue weighted by Gasteiger charge is -2.03. The van der Waals surface area contributed by atoms with Gasteiger partial charge in [-0.2, -0.15) is 5.10 Å². The van der Waals surface area contributed by atoms with Crippen molar-refractivity contribution in [3.63, 3.8) is 0 Å². The molecule has 1 N–H and O–H groups in total. The number of benzene rings is 2. The highest BCUT2D eigenvalue weighted by Crippen LogP contribution is 2.09. The maximum atomic E-state index is 12.1. The van der Waals surface area contributed by atoms with Crippen molar-refractivity contribution in [1.29, 1.82) is 0 Å². The van der Waals surface area contributed by atoms with Gasteiger partial charge in [0.1, 0.15) is 0 Å². The quantitative estimate of drug-likeness (QED) is 0.538. The zero-order chi connectivity index (χ0) is 16.6. The number of allylic oxidation sites excluding steroid dienone is 1. The molecular formula is C20H16N2OS. The van der Waals surface area contributed by atoms with E-state index in [-0.39, 0.29) is 5.91 Å². The molecule has 1 amide bonds. The summed E-state index contributed by atoms with van der Waals surface area (Å²) in [5.74, 6) is -0.202. The first-order valence-corrected chi connectivity index (χ1v) is 8.41. The van der Waals surface area contributed by atoms with Crippen molar-refractivity contribution in [2.24, 2.45) is 5.10 Å². The third-order valence-corrected chi connectivity index (χ3v) is 4.19. The van der Waals surface area contributed by atoms with Gasteiger partial charge in [0, 0.05) is 5.56 Å². The number of carbonyl (C=O) groups excluding carboxylic acids is 1. The maximum absolute atomic E-state index is 12.1. The Kier molecular flexibility index (Phi) is 5.32. The Hall–Kier alpha value is -2.98. The number of amides is 1.